The first-order chi connectivity index (χ1) is 30.4. The fraction of sp³-hybridized carbons (Fsp3) is 0.429. The van der Waals surface area contributed by atoms with E-state index in [-0.39, 0.29) is 41.9 Å². The van der Waals surface area contributed by atoms with E-state index in [1.165, 1.54) is 17.1 Å². The average Bonchev–Trinajstić information content (AvgIpc) is 3.60. The molecule has 2 aliphatic heterocycles. The van der Waals surface area contributed by atoms with Gasteiger partial charge in [0, 0.05) is 79.3 Å². The fourth-order valence-corrected chi connectivity index (χ4v) is 7.62. The number of piperidine rings is 1. The van der Waals surface area contributed by atoms with Gasteiger partial charge in [-0.3, -0.25) is 38.5 Å². The van der Waals surface area contributed by atoms with Crippen molar-refractivity contribution in [2.45, 2.75) is 97.2 Å². The van der Waals surface area contributed by atoms with Crippen LogP contribution in [0.25, 0.3) is 6.08 Å². The van der Waals surface area contributed by atoms with Crippen molar-refractivity contribution < 1.29 is 38.1 Å². The van der Waals surface area contributed by atoms with E-state index < -0.39 is 23.9 Å². The first kappa shape index (κ1) is 47.6. The molecular formula is C49H62N7O7+. The minimum absolute atomic E-state index is 0.111. The van der Waals surface area contributed by atoms with Crippen LogP contribution >= 0.6 is 0 Å². The SMILES string of the molecule is CC(NC(=O)C(NC(=O)CCCCCN1C(=O)C=CC1=O)C(C)C)C(=O)Nc1ccc(C[n+]2cccc(/C=C/C(=O)NCCCCC3CCN(C(=O)c4ccccc4)CC3)c2)cc1. The zero-order valence-electron chi connectivity index (χ0n) is 36.7. The molecule has 5 rings (SSSR count). The van der Waals surface area contributed by atoms with Gasteiger partial charge >= 0.3 is 0 Å². The van der Waals surface area contributed by atoms with Gasteiger partial charge in [-0.2, -0.15) is 0 Å². The van der Waals surface area contributed by atoms with Crippen LogP contribution in [0, 0.1) is 11.8 Å². The molecule has 2 aromatic carbocycles. The van der Waals surface area contributed by atoms with Crippen molar-refractivity contribution in [2.75, 3.05) is 31.5 Å². The predicted octanol–water partition coefficient (Wildman–Crippen LogP) is 4.94. The highest BCUT2D eigenvalue weighted by atomic mass is 16.2. The number of carbonyl (C=O) groups is 7. The Labute approximate surface area is 370 Å². The van der Waals surface area contributed by atoms with E-state index in [2.05, 4.69) is 21.3 Å². The number of imide groups is 1. The second-order valence-electron chi connectivity index (χ2n) is 16.7. The van der Waals surface area contributed by atoms with Crippen molar-refractivity contribution >= 4 is 53.1 Å². The molecule has 1 saturated heterocycles. The Morgan fingerprint density at radius 2 is 1.51 bits per heavy atom. The van der Waals surface area contributed by atoms with Crippen LogP contribution in [0.4, 0.5) is 5.69 Å². The molecule has 3 aromatic rings. The molecule has 14 nitrogen and oxygen atoms in total. The van der Waals surface area contributed by atoms with E-state index >= 15 is 0 Å². The van der Waals surface area contributed by atoms with Gasteiger partial charge < -0.3 is 26.2 Å². The topological polar surface area (TPSA) is 178 Å². The molecule has 2 unspecified atom stereocenters. The highest BCUT2D eigenvalue weighted by Crippen LogP contribution is 2.24. The number of aromatic nitrogens is 1. The van der Waals surface area contributed by atoms with Gasteiger partial charge in [0.05, 0.1) is 0 Å². The number of benzene rings is 2. The third-order valence-corrected chi connectivity index (χ3v) is 11.4. The van der Waals surface area contributed by atoms with Gasteiger partial charge in [0.2, 0.25) is 23.6 Å². The molecule has 0 bridgehead atoms. The van der Waals surface area contributed by atoms with Crippen molar-refractivity contribution in [3.63, 3.8) is 0 Å². The first-order valence-corrected chi connectivity index (χ1v) is 22.2. The standard InChI is InChI=1S/C49H61N7O7/c1-35(2)46(53-43(58)17-8-5-11-30-56-44(59)24-25-45(56)60)48(62)51-36(3)47(61)52-41-21-18-39(19-22-41)34-54-29-12-14-38(33-54)20-23-42(57)50-28-10-9-13-37-26-31-55(32-27-37)49(63)40-15-6-4-7-16-40/h4,6-7,12,14-16,18-25,29,33,35-37,46H,5,8-11,13,17,26-28,30-32,34H2,1-3H3,(H3-,50,51,52,53,57,58,61,62)/p+1/b23-20+. The minimum atomic E-state index is -0.867. The third kappa shape index (κ3) is 15.5. The molecule has 3 heterocycles. The molecule has 1 fully saturated rings. The second kappa shape index (κ2) is 24.3. The van der Waals surface area contributed by atoms with E-state index in [1.807, 2.05) is 90.3 Å². The Bertz CT molecular complexity index is 2090. The lowest BCUT2D eigenvalue weighted by atomic mass is 9.91. The molecule has 14 heteroatoms. The number of unbranched alkanes of at least 4 members (excludes halogenated alkanes) is 3. The van der Waals surface area contributed by atoms with Gasteiger partial charge in [0.25, 0.3) is 17.7 Å². The molecule has 0 radical (unpaired) electrons. The van der Waals surface area contributed by atoms with E-state index in [0.717, 1.165) is 61.9 Å². The molecular weight excluding hydrogens is 799 g/mol. The average molecular weight is 861 g/mol. The Hall–Kier alpha value is -6.44. The highest BCUT2D eigenvalue weighted by Gasteiger charge is 2.28. The van der Waals surface area contributed by atoms with Gasteiger partial charge in [-0.25, -0.2) is 4.57 Å². The number of hydrogen-bond acceptors (Lipinski definition) is 7. The summed E-state index contributed by atoms with van der Waals surface area (Å²) in [5, 5.41) is 11.3. The summed E-state index contributed by atoms with van der Waals surface area (Å²) in [7, 11) is 0. The predicted molar refractivity (Wildman–Crippen MR) is 240 cm³/mol. The quantitative estimate of drug-likeness (QED) is 0.0479. The Morgan fingerprint density at radius 3 is 2.21 bits per heavy atom. The molecule has 0 saturated carbocycles. The van der Waals surface area contributed by atoms with E-state index in [9.17, 15) is 33.6 Å². The van der Waals surface area contributed by atoms with Crippen LogP contribution in [0.5, 0.6) is 0 Å². The summed E-state index contributed by atoms with van der Waals surface area (Å²) < 4.78 is 2.01. The summed E-state index contributed by atoms with van der Waals surface area (Å²) >= 11 is 0. The monoisotopic (exact) mass is 860 g/mol. The van der Waals surface area contributed by atoms with Crippen LogP contribution in [-0.2, 0) is 35.3 Å². The zero-order valence-corrected chi connectivity index (χ0v) is 36.7. The highest BCUT2D eigenvalue weighted by molar-refractivity contribution is 6.12. The number of nitrogens with zero attached hydrogens (tertiary/aromatic N) is 3. The largest absolute Gasteiger partial charge is 0.353 e. The van der Waals surface area contributed by atoms with Crippen LogP contribution in [0.3, 0.4) is 0 Å². The van der Waals surface area contributed by atoms with Crippen LogP contribution in [0.1, 0.15) is 100 Å². The molecule has 0 spiro atoms. The van der Waals surface area contributed by atoms with Crippen molar-refractivity contribution in [3.8, 4) is 0 Å². The van der Waals surface area contributed by atoms with Gasteiger partial charge in [-0.05, 0) is 87.3 Å². The van der Waals surface area contributed by atoms with Gasteiger partial charge in [-0.15, -0.1) is 0 Å². The van der Waals surface area contributed by atoms with E-state index in [1.54, 1.807) is 31.2 Å². The number of anilines is 1. The van der Waals surface area contributed by atoms with Crippen molar-refractivity contribution in [3.05, 3.63) is 114 Å². The maximum atomic E-state index is 13.1. The van der Waals surface area contributed by atoms with Crippen molar-refractivity contribution in [1.82, 2.24) is 25.8 Å². The Balaban J connectivity index is 0.958. The molecule has 2 atom stereocenters. The van der Waals surface area contributed by atoms with Crippen LogP contribution in [0.2, 0.25) is 0 Å². The first-order valence-electron chi connectivity index (χ1n) is 22.2. The normalized spacial score (nSPS) is 15.1. The van der Waals surface area contributed by atoms with Gasteiger partial charge in [0.1, 0.15) is 12.1 Å². The maximum Gasteiger partial charge on any atom is 0.253 e. The zero-order chi connectivity index (χ0) is 45.1. The second-order valence-corrected chi connectivity index (χ2v) is 16.7. The van der Waals surface area contributed by atoms with Crippen LogP contribution in [-0.4, -0.2) is 89.4 Å². The van der Waals surface area contributed by atoms with Gasteiger partial charge in [0.15, 0.2) is 18.9 Å². The molecule has 1 aromatic heterocycles. The summed E-state index contributed by atoms with van der Waals surface area (Å²) in [6.45, 7) is 8.28. The van der Waals surface area contributed by atoms with Crippen molar-refractivity contribution in [2.24, 2.45) is 11.8 Å². The number of carbonyl (C=O) groups excluding carboxylic acids is 7. The van der Waals surface area contributed by atoms with Crippen LogP contribution < -0.4 is 25.8 Å². The maximum absolute atomic E-state index is 13.1. The lowest BCUT2D eigenvalue weighted by molar-refractivity contribution is -0.688. The summed E-state index contributed by atoms with van der Waals surface area (Å²) in [5.74, 6) is -1.45. The summed E-state index contributed by atoms with van der Waals surface area (Å²) in [5.41, 5.74) is 3.19. The Morgan fingerprint density at radius 1 is 0.794 bits per heavy atom. The number of amides is 7. The van der Waals surface area contributed by atoms with Gasteiger partial charge in [-0.1, -0.05) is 63.4 Å². The van der Waals surface area contributed by atoms with E-state index in [0.29, 0.717) is 50.5 Å². The van der Waals surface area contributed by atoms with Crippen LogP contribution in [0.15, 0.2) is 97.4 Å². The number of pyridine rings is 1. The molecule has 7 amide bonds. The lowest BCUT2D eigenvalue weighted by Gasteiger charge is -2.32. The number of rotatable bonds is 22. The third-order valence-electron chi connectivity index (χ3n) is 11.4. The summed E-state index contributed by atoms with van der Waals surface area (Å²) in [6.07, 6.45) is 16.7. The molecule has 63 heavy (non-hydrogen) atoms. The van der Waals surface area contributed by atoms with E-state index in [4.69, 9.17) is 0 Å². The molecule has 334 valence electrons. The smallest absolute Gasteiger partial charge is 0.253 e. The molecule has 2 aliphatic rings. The number of likely N-dealkylation sites (tertiary alicyclic amines) is 1. The molecule has 0 aliphatic carbocycles. The summed E-state index contributed by atoms with van der Waals surface area (Å²) in [6, 6.07) is 19.0. The lowest BCUT2D eigenvalue weighted by Crippen LogP contribution is -2.53. The number of nitrogens with one attached hydrogen (secondary N) is 4. The van der Waals surface area contributed by atoms with Crippen molar-refractivity contribution in [1.29, 1.82) is 0 Å². The Kier molecular flexibility index (Phi) is 18.3. The minimum Gasteiger partial charge on any atom is -0.353 e. The molecule has 4 N–H and O–H groups in total. The fourth-order valence-electron chi connectivity index (χ4n) is 7.62. The summed E-state index contributed by atoms with van der Waals surface area (Å²) in [4.78, 5) is 90.6. The number of hydrogen-bond donors (Lipinski definition) is 4.